The Labute approximate surface area is 101 Å². The summed E-state index contributed by atoms with van der Waals surface area (Å²) in [5.74, 6) is 0.0895. The minimum absolute atomic E-state index is 0.0895. The molecule has 0 atom stereocenters. The van der Waals surface area contributed by atoms with Crippen molar-refractivity contribution in [1.82, 2.24) is 5.32 Å². The molecule has 0 aliphatic carbocycles. The Bertz CT molecular complexity index is 561. The smallest absolute Gasteiger partial charge is 0.203 e. The van der Waals surface area contributed by atoms with E-state index in [1.165, 1.54) is 18.2 Å². The highest BCUT2D eigenvalue weighted by molar-refractivity contribution is 7.95. The average Bonchev–Trinajstić information content (AvgIpc) is 2.50. The van der Waals surface area contributed by atoms with Crippen LogP contribution < -0.4 is 5.32 Å². The minimum atomic E-state index is -3.32. The van der Waals surface area contributed by atoms with Crippen molar-refractivity contribution >= 4 is 15.9 Å². The first-order valence-corrected chi connectivity index (χ1v) is 6.97. The molecule has 92 valence electrons. The molecule has 1 aliphatic heterocycles. The van der Waals surface area contributed by atoms with Gasteiger partial charge in [-0.15, -0.1) is 0 Å². The van der Waals surface area contributed by atoms with Gasteiger partial charge in [0.15, 0.2) is 0 Å². The second-order valence-electron chi connectivity index (χ2n) is 4.04. The summed E-state index contributed by atoms with van der Waals surface area (Å²) in [4.78, 5) is 0.739. The summed E-state index contributed by atoms with van der Waals surface area (Å²) in [7, 11) is -1.48. The quantitative estimate of drug-likeness (QED) is 0.798. The standard InChI is InChI=1S/C12H15NO3S/c1-13-6-2-3-11-8-9-7-10(14)4-5-12(9)17(11,15)16/h4-5,7-8,13-14H,2-3,6H2,1H3. The van der Waals surface area contributed by atoms with Crippen molar-refractivity contribution in [3.8, 4) is 5.75 Å². The van der Waals surface area contributed by atoms with Crippen molar-refractivity contribution in [3.63, 3.8) is 0 Å². The van der Waals surface area contributed by atoms with E-state index in [-0.39, 0.29) is 5.75 Å². The van der Waals surface area contributed by atoms with E-state index in [0.717, 1.165) is 13.0 Å². The number of allylic oxidation sites excluding steroid dienone is 1. The van der Waals surface area contributed by atoms with E-state index < -0.39 is 9.84 Å². The van der Waals surface area contributed by atoms with Crippen molar-refractivity contribution in [2.24, 2.45) is 0 Å². The second-order valence-corrected chi connectivity index (χ2v) is 6.01. The summed E-state index contributed by atoms with van der Waals surface area (Å²) in [6.07, 6.45) is 2.96. The van der Waals surface area contributed by atoms with Crippen LogP contribution in [0, 0.1) is 0 Å². The maximum absolute atomic E-state index is 12.1. The lowest BCUT2D eigenvalue weighted by Gasteiger charge is -2.03. The molecule has 0 fully saturated rings. The number of phenols is 1. The van der Waals surface area contributed by atoms with Gasteiger partial charge in [0.1, 0.15) is 5.75 Å². The third-order valence-corrected chi connectivity index (χ3v) is 4.76. The molecule has 1 heterocycles. The van der Waals surface area contributed by atoms with Gasteiger partial charge >= 0.3 is 0 Å². The van der Waals surface area contributed by atoms with Gasteiger partial charge in [-0.3, -0.25) is 0 Å². The maximum atomic E-state index is 12.1. The van der Waals surface area contributed by atoms with Crippen LogP contribution in [-0.4, -0.2) is 27.1 Å². The molecular formula is C12H15NO3S. The lowest BCUT2D eigenvalue weighted by atomic mass is 10.2. The molecule has 1 aromatic carbocycles. The predicted molar refractivity (Wildman–Crippen MR) is 66.4 cm³/mol. The summed E-state index contributed by atoms with van der Waals surface area (Å²) < 4.78 is 24.2. The van der Waals surface area contributed by atoms with Crippen LogP contribution in [0.4, 0.5) is 0 Å². The zero-order chi connectivity index (χ0) is 12.5. The normalized spacial score (nSPS) is 16.6. The van der Waals surface area contributed by atoms with Crippen LogP contribution in [0.3, 0.4) is 0 Å². The highest BCUT2D eigenvalue weighted by Gasteiger charge is 2.28. The number of benzene rings is 1. The number of phenolic OH excluding ortho intramolecular Hbond substituents is 1. The van der Waals surface area contributed by atoms with Gasteiger partial charge in [0.2, 0.25) is 9.84 Å². The first kappa shape index (κ1) is 12.1. The summed E-state index contributed by atoms with van der Waals surface area (Å²) >= 11 is 0. The van der Waals surface area contributed by atoms with E-state index >= 15 is 0 Å². The average molecular weight is 253 g/mol. The summed E-state index contributed by atoms with van der Waals surface area (Å²) in [5.41, 5.74) is 0.587. The fraction of sp³-hybridized carbons (Fsp3) is 0.333. The first-order chi connectivity index (χ1) is 8.05. The molecule has 0 amide bonds. The predicted octanol–water partition coefficient (Wildman–Crippen LogP) is 1.52. The SMILES string of the molecule is CNCCCC1=Cc2cc(O)ccc2S1(=O)=O. The summed E-state index contributed by atoms with van der Waals surface area (Å²) in [5, 5.41) is 12.3. The Balaban J connectivity index is 2.30. The lowest BCUT2D eigenvalue weighted by molar-refractivity contribution is 0.474. The Morgan fingerprint density at radius 3 is 2.82 bits per heavy atom. The molecule has 4 nitrogen and oxygen atoms in total. The fourth-order valence-corrected chi connectivity index (χ4v) is 3.58. The molecule has 5 heteroatoms. The molecule has 0 radical (unpaired) electrons. The van der Waals surface area contributed by atoms with E-state index in [9.17, 15) is 13.5 Å². The molecule has 0 spiro atoms. The zero-order valence-electron chi connectivity index (χ0n) is 9.60. The molecule has 0 aromatic heterocycles. The molecule has 1 aromatic rings. The third-order valence-electron chi connectivity index (χ3n) is 2.79. The van der Waals surface area contributed by atoms with E-state index in [1.54, 1.807) is 6.08 Å². The maximum Gasteiger partial charge on any atom is 0.203 e. The van der Waals surface area contributed by atoms with Crippen LogP contribution in [-0.2, 0) is 9.84 Å². The third kappa shape index (κ3) is 2.21. The molecule has 1 aliphatic rings. The van der Waals surface area contributed by atoms with Crippen LogP contribution in [0.2, 0.25) is 0 Å². The summed E-state index contributed by atoms with van der Waals surface area (Å²) in [6, 6.07) is 4.35. The van der Waals surface area contributed by atoms with Gasteiger partial charge in [-0.1, -0.05) is 0 Å². The highest BCUT2D eigenvalue weighted by atomic mass is 32.2. The molecule has 0 unspecified atom stereocenters. The van der Waals surface area contributed by atoms with Gasteiger partial charge < -0.3 is 10.4 Å². The van der Waals surface area contributed by atoms with E-state index in [0.29, 0.717) is 21.8 Å². The van der Waals surface area contributed by atoms with Crippen LogP contribution in [0.5, 0.6) is 5.75 Å². The van der Waals surface area contributed by atoms with Gasteiger partial charge in [0.05, 0.1) is 4.90 Å². The number of hydrogen-bond acceptors (Lipinski definition) is 4. The van der Waals surface area contributed by atoms with Gasteiger partial charge in [-0.2, -0.15) is 0 Å². The molecule has 17 heavy (non-hydrogen) atoms. The largest absolute Gasteiger partial charge is 0.508 e. The molecule has 0 bridgehead atoms. The second kappa shape index (κ2) is 4.50. The van der Waals surface area contributed by atoms with Crippen LogP contribution in [0.25, 0.3) is 6.08 Å². The van der Waals surface area contributed by atoms with Crippen molar-refractivity contribution < 1.29 is 13.5 Å². The lowest BCUT2D eigenvalue weighted by Crippen LogP contribution is -2.09. The monoisotopic (exact) mass is 253 g/mol. The number of fused-ring (bicyclic) bond motifs is 1. The van der Waals surface area contributed by atoms with Crippen LogP contribution in [0.15, 0.2) is 28.0 Å². The Morgan fingerprint density at radius 1 is 1.35 bits per heavy atom. The highest BCUT2D eigenvalue weighted by Crippen LogP contribution is 2.36. The van der Waals surface area contributed by atoms with Gasteiger partial charge in [0, 0.05) is 4.91 Å². The zero-order valence-corrected chi connectivity index (χ0v) is 10.4. The number of sulfone groups is 1. The van der Waals surface area contributed by atoms with Gasteiger partial charge in [-0.05, 0) is 56.3 Å². The van der Waals surface area contributed by atoms with Crippen LogP contribution in [0.1, 0.15) is 18.4 Å². The Kier molecular flexibility index (Phi) is 3.22. The number of nitrogens with one attached hydrogen (secondary N) is 1. The van der Waals surface area contributed by atoms with Crippen molar-refractivity contribution in [1.29, 1.82) is 0 Å². The number of aromatic hydroxyl groups is 1. The fourth-order valence-electron chi connectivity index (χ4n) is 1.93. The molecule has 2 rings (SSSR count). The van der Waals surface area contributed by atoms with Crippen molar-refractivity contribution in [2.45, 2.75) is 17.7 Å². The minimum Gasteiger partial charge on any atom is -0.508 e. The molecule has 0 saturated carbocycles. The first-order valence-electron chi connectivity index (χ1n) is 5.49. The molecular weight excluding hydrogens is 238 g/mol. The van der Waals surface area contributed by atoms with E-state index in [2.05, 4.69) is 5.32 Å². The number of rotatable bonds is 4. The van der Waals surface area contributed by atoms with E-state index in [1.807, 2.05) is 7.05 Å². The van der Waals surface area contributed by atoms with E-state index in [4.69, 9.17) is 0 Å². The van der Waals surface area contributed by atoms with Crippen LogP contribution >= 0.6 is 0 Å². The number of hydrogen-bond donors (Lipinski definition) is 2. The summed E-state index contributed by atoms with van der Waals surface area (Å²) in [6.45, 7) is 0.786. The van der Waals surface area contributed by atoms with Gasteiger partial charge in [-0.25, -0.2) is 8.42 Å². The van der Waals surface area contributed by atoms with Crippen molar-refractivity contribution in [3.05, 3.63) is 28.7 Å². The molecule has 0 saturated heterocycles. The van der Waals surface area contributed by atoms with Crippen molar-refractivity contribution in [2.75, 3.05) is 13.6 Å². The Hall–Kier alpha value is -1.33. The topological polar surface area (TPSA) is 66.4 Å². The molecule has 2 N–H and O–H groups in total. The Morgan fingerprint density at radius 2 is 2.12 bits per heavy atom. The van der Waals surface area contributed by atoms with Gasteiger partial charge in [0.25, 0.3) is 0 Å².